The van der Waals surface area contributed by atoms with Gasteiger partial charge in [-0.15, -0.1) is 0 Å². The van der Waals surface area contributed by atoms with Crippen LogP contribution in [0.3, 0.4) is 0 Å². The summed E-state index contributed by atoms with van der Waals surface area (Å²) < 4.78 is 83.1. The summed E-state index contributed by atoms with van der Waals surface area (Å²) in [6.45, 7) is 3.31. The molecule has 6 unspecified atom stereocenters. The van der Waals surface area contributed by atoms with E-state index in [4.69, 9.17) is 71.1 Å². The second-order valence-corrected chi connectivity index (χ2v) is 22.4. The largest absolute Gasteiger partial charge is 0.394 e. The zero-order valence-corrected chi connectivity index (χ0v) is 54.2. The second kappa shape index (κ2) is 51.0. The van der Waals surface area contributed by atoms with Crippen molar-refractivity contribution in [3.63, 3.8) is 0 Å². The molecule has 4 amide bonds. The SMILES string of the molecule is CCN(C)CCCCCC(=O)NC(COCCC(=O)NCCOCCOCCO[C@@H]1OC(CO)[C@@H](O)C(O)[C@H]1O)(COCCC(=O)NCCOCCOCCO[C@@H]1OC(CO)[C@@H](O)C(O)[C@H]1O)COCCC(=O)NCCOCCOCCO[C@@H]1OC(CO)[C@@H](O)C(O)[C@H]1O. The van der Waals surface area contributed by atoms with Crippen molar-refractivity contribution in [1.82, 2.24) is 26.2 Å². The summed E-state index contributed by atoms with van der Waals surface area (Å²) in [6.07, 6.45) is -18.7. The molecule has 3 aliphatic rings. The van der Waals surface area contributed by atoms with Crippen LogP contribution in [0.15, 0.2) is 0 Å². The molecule has 36 heteroatoms. The number of carbonyl (C=O) groups is 4. The Hall–Kier alpha value is -3.24. The number of amides is 4. The monoisotopic (exact) mass is 1370 g/mol. The summed E-state index contributed by atoms with van der Waals surface area (Å²) >= 11 is 0. The predicted molar refractivity (Wildman–Crippen MR) is 322 cm³/mol. The summed E-state index contributed by atoms with van der Waals surface area (Å²) in [4.78, 5) is 54.4. The summed E-state index contributed by atoms with van der Waals surface area (Å²) in [5.74, 6) is -1.39. The van der Waals surface area contributed by atoms with Crippen LogP contribution in [0.2, 0.25) is 0 Å². The highest BCUT2D eigenvalue weighted by Crippen LogP contribution is 2.24. The molecule has 0 radical (unpaired) electrons. The Bertz CT molecular complexity index is 1780. The number of nitrogens with one attached hydrogen (secondary N) is 4. The van der Waals surface area contributed by atoms with Crippen LogP contribution < -0.4 is 21.3 Å². The molecule has 0 bridgehead atoms. The van der Waals surface area contributed by atoms with Crippen molar-refractivity contribution in [2.45, 2.75) is 150 Å². The van der Waals surface area contributed by atoms with Crippen LogP contribution in [0.1, 0.15) is 51.9 Å². The molecule has 0 aliphatic carbocycles. The van der Waals surface area contributed by atoms with Crippen LogP contribution in [0.4, 0.5) is 0 Å². The maximum absolute atomic E-state index is 13.7. The topological polar surface area (TPSA) is 501 Å². The number of hydrogen-bond acceptors (Lipinski definition) is 32. The molecule has 3 heterocycles. The molecule has 36 nitrogen and oxygen atoms in total. The molecule has 3 aliphatic heterocycles. The Morgan fingerprint density at radius 2 is 0.681 bits per heavy atom. The van der Waals surface area contributed by atoms with Crippen molar-refractivity contribution < 1.29 is 152 Å². The quantitative estimate of drug-likeness (QED) is 0.0252. The van der Waals surface area contributed by atoms with E-state index in [2.05, 4.69) is 33.1 Å². The Balaban J connectivity index is 1.46. The van der Waals surface area contributed by atoms with Crippen LogP contribution in [0.5, 0.6) is 0 Å². The fraction of sp³-hybridized carbons (Fsp3) is 0.931. The zero-order valence-electron chi connectivity index (χ0n) is 54.2. The van der Waals surface area contributed by atoms with E-state index in [9.17, 15) is 80.5 Å². The van der Waals surface area contributed by atoms with E-state index in [1.54, 1.807) is 0 Å². The fourth-order valence-corrected chi connectivity index (χ4v) is 9.19. The van der Waals surface area contributed by atoms with E-state index in [-0.39, 0.29) is 208 Å². The van der Waals surface area contributed by atoms with Crippen molar-refractivity contribution in [2.24, 2.45) is 0 Å². The van der Waals surface area contributed by atoms with Gasteiger partial charge in [0.25, 0.3) is 0 Å². The number of aliphatic hydroxyl groups excluding tert-OH is 12. The lowest BCUT2D eigenvalue weighted by atomic mass is 9.99. The molecule has 15 atom stereocenters. The van der Waals surface area contributed by atoms with Crippen molar-refractivity contribution in [2.75, 3.05) is 198 Å². The third-order valence-corrected chi connectivity index (χ3v) is 14.8. The van der Waals surface area contributed by atoms with E-state index in [1.807, 2.05) is 7.05 Å². The third kappa shape index (κ3) is 34.5. The van der Waals surface area contributed by atoms with E-state index < -0.39 is 117 Å². The molecule has 552 valence electrons. The summed E-state index contributed by atoms with van der Waals surface area (Å²) in [6, 6.07) is 0. The number of hydrogen-bond donors (Lipinski definition) is 16. The standard InChI is InChI=1S/C58H109N5O31/c1-3-63(2)14-6-4-5-7-45(70)62-58(36-86-15-8-42(67)59-11-18-80-21-24-83-27-30-89-55-52(77)49(74)46(71)39(33-64)92-55,37-87-16-9-43(68)60-12-19-81-22-25-84-28-31-90-56-53(78)50(75)47(72)40(34-65)93-56)38-88-17-10-44(69)61-13-20-82-23-26-85-29-32-91-57-54(79)51(76)48(73)41(35-66)94-57/h39-41,46-57,64-66,71-79H,3-38H2,1-2H3,(H,59,67)(H,60,68)(H,61,69)(H,62,70)/t39?,40?,41?,46-,47-,48-,49?,50?,51?,52-,53-,54-,55-,56-,57-,58?/m1/s1. The maximum atomic E-state index is 13.7. The van der Waals surface area contributed by atoms with Crippen LogP contribution in [0, 0.1) is 0 Å². The minimum Gasteiger partial charge on any atom is -0.394 e. The molecule has 0 aromatic heterocycles. The first-order chi connectivity index (χ1) is 45.3. The van der Waals surface area contributed by atoms with E-state index in [0.717, 1.165) is 25.9 Å². The first kappa shape index (κ1) is 85.0. The van der Waals surface area contributed by atoms with Crippen molar-refractivity contribution in [1.29, 1.82) is 0 Å². The smallest absolute Gasteiger partial charge is 0.222 e. The van der Waals surface area contributed by atoms with Gasteiger partial charge in [0.05, 0.1) is 159 Å². The number of ether oxygens (including phenoxy) is 15. The van der Waals surface area contributed by atoms with Gasteiger partial charge in [-0.25, -0.2) is 0 Å². The molecule has 16 N–H and O–H groups in total. The van der Waals surface area contributed by atoms with Crippen molar-refractivity contribution >= 4 is 23.6 Å². The molecular weight excluding hydrogens is 1260 g/mol. The Morgan fingerprint density at radius 3 is 0.989 bits per heavy atom. The molecule has 94 heavy (non-hydrogen) atoms. The Labute approximate surface area is 547 Å². The van der Waals surface area contributed by atoms with Gasteiger partial charge >= 0.3 is 0 Å². The lowest BCUT2D eigenvalue weighted by molar-refractivity contribution is -0.302. The van der Waals surface area contributed by atoms with Crippen molar-refractivity contribution in [3.05, 3.63) is 0 Å². The third-order valence-electron chi connectivity index (χ3n) is 14.8. The molecular formula is C58H109N5O31. The predicted octanol–water partition coefficient (Wildman–Crippen LogP) is -8.53. The number of nitrogens with zero attached hydrogens (tertiary/aromatic N) is 1. The molecule has 0 aromatic rings. The summed E-state index contributed by atoms with van der Waals surface area (Å²) in [5, 5.41) is 129. The van der Waals surface area contributed by atoms with Crippen LogP contribution in [-0.4, -0.2) is 386 Å². The zero-order chi connectivity index (χ0) is 68.9. The second-order valence-electron chi connectivity index (χ2n) is 22.4. The molecule has 3 rings (SSSR count). The highest BCUT2D eigenvalue weighted by molar-refractivity contribution is 5.77. The van der Waals surface area contributed by atoms with Gasteiger partial charge in [0.1, 0.15) is 78.8 Å². The van der Waals surface area contributed by atoms with Crippen LogP contribution >= 0.6 is 0 Å². The van der Waals surface area contributed by atoms with Gasteiger partial charge in [-0.3, -0.25) is 19.2 Å². The molecule has 0 spiro atoms. The van der Waals surface area contributed by atoms with E-state index in [0.29, 0.717) is 6.42 Å². The summed E-state index contributed by atoms with van der Waals surface area (Å²) in [7, 11) is 2.01. The average molecular weight is 1370 g/mol. The molecule has 3 saturated heterocycles. The number of aliphatic hydroxyl groups is 12. The Morgan fingerprint density at radius 1 is 0.372 bits per heavy atom. The van der Waals surface area contributed by atoms with Gasteiger partial charge in [-0.05, 0) is 33.0 Å². The fourth-order valence-electron chi connectivity index (χ4n) is 9.19. The van der Waals surface area contributed by atoms with Gasteiger partial charge in [-0.2, -0.15) is 0 Å². The van der Waals surface area contributed by atoms with Gasteiger partial charge in [0.2, 0.25) is 23.6 Å². The minimum absolute atomic E-state index is 0.0329. The van der Waals surface area contributed by atoms with Gasteiger partial charge in [-0.1, -0.05) is 13.3 Å². The highest BCUT2D eigenvalue weighted by Gasteiger charge is 2.46. The van der Waals surface area contributed by atoms with Crippen LogP contribution in [-0.2, 0) is 90.2 Å². The number of rotatable bonds is 56. The highest BCUT2D eigenvalue weighted by atomic mass is 16.7. The molecule has 0 aromatic carbocycles. The Kier molecular flexibility index (Phi) is 46.1. The first-order valence-corrected chi connectivity index (χ1v) is 32.1. The first-order valence-electron chi connectivity index (χ1n) is 32.1. The van der Waals surface area contributed by atoms with Crippen molar-refractivity contribution in [3.8, 4) is 0 Å². The maximum Gasteiger partial charge on any atom is 0.222 e. The summed E-state index contributed by atoms with van der Waals surface area (Å²) in [5.41, 5.74) is -1.35. The number of unbranched alkanes of at least 4 members (excludes halogenated alkanes) is 2. The number of carbonyl (C=O) groups excluding carboxylic acids is 4. The minimum atomic E-state index is -1.57. The lowest BCUT2D eigenvalue weighted by Crippen LogP contribution is -2.59. The van der Waals surface area contributed by atoms with Gasteiger partial charge in [0.15, 0.2) is 18.9 Å². The lowest BCUT2D eigenvalue weighted by Gasteiger charge is -2.39. The molecule has 0 saturated carbocycles. The normalized spacial score (nSPS) is 27.1. The van der Waals surface area contributed by atoms with Gasteiger partial charge < -0.3 is 158 Å². The van der Waals surface area contributed by atoms with E-state index in [1.165, 1.54) is 0 Å². The van der Waals surface area contributed by atoms with Crippen LogP contribution in [0.25, 0.3) is 0 Å². The molecule has 3 fully saturated rings. The van der Waals surface area contributed by atoms with Gasteiger partial charge in [0, 0.05) is 45.3 Å². The average Bonchev–Trinajstić information content (AvgIpc) is 0.888. The van der Waals surface area contributed by atoms with E-state index >= 15 is 0 Å².